The number of hydrogen-bond acceptors (Lipinski definition) is 2. The lowest BCUT2D eigenvalue weighted by Crippen LogP contribution is -2.26. The quantitative estimate of drug-likeness (QED) is 0.536. The van der Waals surface area contributed by atoms with Crippen LogP contribution in [-0.4, -0.2) is 19.5 Å². The average molecular weight is 130 g/mol. The summed E-state index contributed by atoms with van der Waals surface area (Å²) in [4.78, 5) is 0. The van der Waals surface area contributed by atoms with Crippen molar-refractivity contribution in [2.75, 3.05) is 7.11 Å². The van der Waals surface area contributed by atoms with Crippen molar-refractivity contribution in [3.8, 4) is 0 Å². The van der Waals surface area contributed by atoms with Gasteiger partial charge in [-0.05, 0) is 26.2 Å². The Hall–Kier alpha value is -0.0800. The van der Waals surface area contributed by atoms with E-state index in [-0.39, 0.29) is 6.29 Å². The van der Waals surface area contributed by atoms with E-state index in [0.717, 1.165) is 6.42 Å². The molecule has 2 heteroatoms. The first-order valence-corrected chi connectivity index (χ1v) is 3.51. The van der Waals surface area contributed by atoms with Crippen molar-refractivity contribution >= 4 is 0 Å². The maximum absolute atomic E-state index is 5.41. The summed E-state index contributed by atoms with van der Waals surface area (Å²) >= 11 is 0. The van der Waals surface area contributed by atoms with Gasteiger partial charge in [0.2, 0.25) is 0 Å². The van der Waals surface area contributed by atoms with Crippen LogP contribution >= 0.6 is 0 Å². The van der Waals surface area contributed by atoms with Gasteiger partial charge in [0.25, 0.3) is 0 Å². The molecule has 9 heavy (non-hydrogen) atoms. The molecule has 1 aliphatic rings. The summed E-state index contributed by atoms with van der Waals surface area (Å²) in [6, 6.07) is 0. The van der Waals surface area contributed by atoms with Crippen LogP contribution in [0.5, 0.6) is 0 Å². The summed E-state index contributed by atoms with van der Waals surface area (Å²) in [5.41, 5.74) is 0. The normalized spacial score (nSPS) is 36.7. The fourth-order valence-corrected chi connectivity index (χ4v) is 1.14. The minimum atomic E-state index is 0.0637. The van der Waals surface area contributed by atoms with E-state index in [0.29, 0.717) is 6.10 Å². The predicted octanol–water partition coefficient (Wildman–Crippen LogP) is 1.55. The van der Waals surface area contributed by atoms with Gasteiger partial charge in [-0.2, -0.15) is 0 Å². The van der Waals surface area contributed by atoms with Crippen LogP contribution in [0, 0.1) is 0 Å². The molecule has 0 unspecified atom stereocenters. The summed E-state index contributed by atoms with van der Waals surface area (Å²) in [5.74, 6) is 0. The van der Waals surface area contributed by atoms with Gasteiger partial charge in [-0.3, -0.25) is 0 Å². The molecule has 0 aliphatic carbocycles. The second-order valence-corrected chi connectivity index (χ2v) is 2.54. The molecule has 0 aromatic heterocycles. The minimum Gasteiger partial charge on any atom is -0.356 e. The van der Waals surface area contributed by atoms with Crippen molar-refractivity contribution in [3.05, 3.63) is 0 Å². The zero-order chi connectivity index (χ0) is 6.69. The van der Waals surface area contributed by atoms with Gasteiger partial charge in [0.1, 0.15) is 0 Å². The van der Waals surface area contributed by atoms with E-state index in [1.165, 1.54) is 12.8 Å². The van der Waals surface area contributed by atoms with E-state index in [9.17, 15) is 0 Å². The highest BCUT2D eigenvalue weighted by atomic mass is 16.7. The Morgan fingerprint density at radius 3 is 2.67 bits per heavy atom. The monoisotopic (exact) mass is 130 g/mol. The second kappa shape index (κ2) is 3.18. The summed E-state index contributed by atoms with van der Waals surface area (Å²) in [7, 11) is 1.70. The van der Waals surface area contributed by atoms with Crippen LogP contribution < -0.4 is 0 Å². The van der Waals surface area contributed by atoms with E-state index < -0.39 is 0 Å². The van der Waals surface area contributed by atoms with Crippen LogP contribution in [0.25, 0.3) is 0 Å². The summed E-state index contributed by atoms with van der Waals surface area (Å²) in [5, 5.41) is 0. The van der Waals surface area contributed by atoms with Crippen molar-refractivity contribution < 1.29 is 9.47 Å². The minimum absolute atomic E-state index is 0.0637. The Kier molecular flexibility index (Phi) is 2.49. The number of methoxy groups -OCH3 is 1. The number of hydrogen-bond donors (Lipinski definition) is 0. The van der Waals surface area contributed by atoms with Crippen LogP contribution in [0.3, 0.4) is 0 Å². The molecule has 0 N–H and O–H groups in total. The highest BCUT2D eigenvalue weighted by Gasteiger charge is 2.17. The fraction of sp³-hybridized carbons (Fsp3) is 1.00. The maximum Gasteiger partial charge on any atom is 0.157 e. The standard InChI is InChI=1S/C7H14O2/c1-6-4-3-5-7(8-2)9-6/h6-7H,3-5H2,1-2H3/t6-,7-/m0/s1. The smallest absolute Gasteiger partial charge is 0.157 e. The van der Waals surface area contributed by atoms with Gasteiger partial charge >= 0.3 is 0 Å². The van der Waals surface area contributed by atoms with E-state index in [4.69, 9.17) is 9.47 Å². The average Bonchev–Trinajstić information content (AvgIpc) is 1.88. The van der Waals surface area contributed by atoms with E-state index in [1.54, 1.807) is 7.11 Å². The third-order valence-corrected chi connectivity index (χ3v) is 1.70. The molecule has 0 amide bonds. The van der Waals surface area contributed by atoms with Crippen molar-refractivity contribution in [3.63, 3.8) is 0 Å². The van der Waals surface area contributed by atoms with Gasteiger partial charge < -0.3 is 9.47 Å². The fourth-order valence-electron chi connectivity index (χ4n) is 1.14. The first kappa shape index (κ1) is 7.03. The maximum atomic E-state index is 5.41. The first-order chi connectivity index (χ1) is 4.33. The summed E-state index contributed by atoms with van der Waals surface area (Å²) < 4.78 is 10.5. The molecule has 0 radical (unpaired) electrons. The zero-order valence-electron chi connectivity index (χ0n) is 6.09. The highest BCUT2D eigenvalue weighted by Crippen LogP contribution is 2.18. The topological polar surface area (TPSA) is 18.5 Å². The first-order valence-electron chi connectivity index (χ1n) is 3.51. The molecule has 2 atom stereocenters. The molecule has 0 aromatic carbocycles. The van der Waals surface area contributed by atoms with Gasteiger partial charge in [-0.25, -0.2) is 0 Å². The Morgan fingerprint density at radius 1 is 1.44 bits per heavy atom. The number of rotatable bonds is 1. The van der Waals surface area contributed by atoms with E-state index in [1.807, 2.05) is 0 Å². The van der Waals surface area contributed by atoms with Gasteiger partial charge in [0, 0.05) is 7.11 Å². The molecule has 54 valence electrons. The van der Waals surface area contributed by atoms with Crippen LogP contribution in [0.2, 0.25) is 0 Å². The van der Waals surface area contributed by atoms with Crippen LogP contribution in [0.4, 0.5) is 0 Å². The molecule has 1 saturated heterocycles. The molecule has 0 spiro atoms. The Labute approximate surface area is 56.2 Å². The van der Waals surface area contributed by atoms with Gasteiger partial charge in [-0.15, -0.1) is 0 Å². The SMILES string of the molecule is CO[C@@H]1CCC[C@H](C)O1. The predicted molar refractivity (Wildman–Crippen MR) is 35.2 cm³/mol. The molecule has 1 fully saturated rings. The van der Waals surface area contributed by atoms with Crippen LogP contribution in [0.1, 0.15) is 26.2 Å². The highest BCUT2D eigenvalue weighted by molar-refractivity contribution is 4.60. The van der Waals surface area contributed by atoms with Gasteiger partial charge in [0.05, 0.1) is 6.10 Å². The van der Waals surface area contributed by atoms with Crippen LogP contribution in [-0.2, 0) is 9.47 Å². The molecule has 1 aliphatic heterocycles. The summed E-state index contributed by atoms with van der Waals surface area (Å²) in [6.07, 6.45) is 3.93. The number of ether oxygens (including phenoxy) is 2. The molecule has 0 saturated carbocycles. The molecule has 1 rings (SSSR count). The second-order valence-electron chi connectivity index (χ2n) is 2.54. The lowest BCUT2D eigenvalue weighted by molar-refractivity contribution is -0.174. The van der Waals surface area contributed by atoms with Crippen molar-refractivity contribution in [2.24, 2.45) is 0 Å². The molecule has 0 bridgehead atoms. The molecule has 1 heterocycles. The molecular weight excluding hydrogens is 116 g/mol. The largest absolute Gasteiger partial charge is 0.356 e. The van der Waals surface area contributed by atoms with E-state index in [2.05, 4.69) is 6.92 Å². The Morgan fingerprint density at radius 2 is 2.22 bits per heavy atom. The van der Waals surface area contributed by atoms with E-state index >= 15 is 0 Å². The van der Waals surface area contributed by atoms with Gasteiger partial charge in [0.15, 0.2) is 6.29 Å². The van der Waals surface area contributed by atoms with Gasteiger partial charge in [-0.1, -0.05) is 0 Å². The van der Waals surface area contributed by atoms with Crippen molar-refractivity contribution in [1.82, 2.24) is 0 Å². The Balaban J connectivity index is 2.23. The lowest BCUT2D eigenvalue weighted by Gasteiger charge is -2.26. The van der Waals surface area contributed by atoms with Crippen molar-refractivity contribution in [2.45, 2.75) is 38.6 Å². The van der Waals surface area contributed by atoms with Crippen LogP contribution in [0.15, 0.2) is 0 Å². The molecule has 0 aromatic rings. The third kappa shape index (κ3) is 1.95. The lowest BCUT2D eigenvalue weighted by atomic mass is 10.1. The summed E-state index contributed by atoms with van der Waals surface area (Å²) in [6.45, 7) is 2.09. The zero-order valence-corrected chi connectivity index (χ0v) is 6.09. The third-order valence-electron chi connectivity index (χ3n) is 1.70. The molecular formula is C7H14O2. The van der Waals surface area contributed by atoms with Crippen molar-refractivity contribution in [1.29, 1.82) is 0 Å². The Bertz CT molecular complexity index is 83.0. The molecule has 2 nitrogen and oxygen atoms in total.